The van der Waals surface area contributed by atoms with Crippen LogP contribution in [0.4, 0.5) is 0 Å². The smallest absolute Gasteiger partial charge is 0.125 e. The van der Waals surface area contributed by atoms with Crippen LogP contribution < -0.4 is 0 Å². The number of hydrogen-bond donors (Lipinski definition) is 1. The SMILES string of the molecule is SSc1cnc2ccccc2n1. The lowest BCUT2D eigenvalue weighted by atomic mass is 10.3. The van der Waals surface area contributed by atoms with Crippen molar-refractivity contribution in [2.45, 2.75) is 5.03 Å². The Morgan fingerprint density at radius 1 is 1.17 bits per heavy atom. The topological polar surface area (TPSA) is 25.8 Å². The van der Waals surface area contributed by atoms with Crippen LogP contribution in [0.3, 0.4) is 0 Å². The highest BCUT2D eigenvalue weighted by molar-refractivity contribution is 8.68. The van der Waals surface area contributed by atoms with Gasteiger partial charge in [0.1, 0.15) is 5.03 Å². The molecule has 4 heteroatoms. The first-order valence-electron chi connectivity index (χ1n) is 3.43. The lowest BCUT2D eigenvalue weighted by molar-refractivity contribution is 1.13. The Kier molecular flexibility index (Phi) is 2.19. The summed E-state index contributed by atoms with van der Waals surface area (Å²) >= 11 is 4.05. The van der Waals surface area contributed by atoms with E-state index in [2.05, 4.69) is 21.6 Å². The number of benzene rings is 1. The number of thiol groups is 1. The van der Waals surface area contributed by atoms with Crippen LogP contribution >= 0.6 is 22.5 Å². The van der Waals surface area contributed by atoms with Gasteiger partial charge in [-0.05, 0) is 22.9 Å². The van der Waals surface area contributed by atoms with Gasteiger partial charge in [-0.25, -0.2) is 4.98 Å². The van der Waals surface area contributed by atoms with E-state index in [1.807, 2.05) is 24.3 Å². The molecule has 0 aliphatic rings. The number of aromatic nitrogens is 2. The molecule has 0 saturated heterocycles. The highest BCUT2D eigenvalue weighted by atomic mass is 33.1. The molecule has 1 aromatic heterocycles. The molecule has 0 aliphatic carbocycles. The van der Waals surface area contributed by atoms with Crippen LogP contribution in [0.5, 0.6) is 0 Å². The van der Waals surface area contributed by atoms with Gasteiger partial charge in [0.15, 0.2) is 0 Å². The summed E-state index contributed by atoms with van der Waals surface area (Å²) in [6.07, 6.45) is 1.72. The van der Waals surface area contributed by atoms with Crippen molar-refractivity contribution in [1.82, 2.24) is 9.97 Å². The van der Waals surface area contributed by atoms with E-state index in [-0.39, 0.29) is 0 Å². The number of para-hydroxylation sites is 2. The Hall–Kier alpha value is -0.740. The van der Waals surface area contributed by atoms with E-state index in [9.17, 15) is 0 Å². The maximum atomic E-state index is 4.32. The Balaban J connectivity index is 2.67. The third kappa shape index (κ3) is 1.40. The molecule has 60 valence electrons. The van der Waals surface area contributed by atoms with Crippen LogP contribution in [0.1, 0.15) is 0 Å². The number of rotatable bonds is 1. The quantitative estimate of drug-likeness (QED) is 0.558. The second-order valence-corrected chi connectivity index (χ2v) is 3.44. The Labute approximate surface area is 79.2 Å². The van der Waals surface area contributed by atoms with Gasteiger partial charge in [0.05, 0.1) is 17.2 Å². The summed E-state index contributed by atoms with van der Waals surface area (Å²) in [4.78, 5) is 8.54. The van der Waals surface area contributed by atoms with Crippen molar-refractivity contribution < 1.29 is 0 Å². The third-order valence-corrected chi connectivity index (χ3v) is 2.46. The summed E-state index contributed by atoms with van der Waals surface area (Å²) in [6, 6.07) is 7.78. The fourth-order valence-corrected chi connectivity index (χ4v) is 1.49. The minimum Gasteiger partial charge on any atom is -0.252 e. The number of fused-ring (bicyclic) bond motifs is 1. The minimum atomic E-state index is 0.831. The third-order valence-electron chi connectivity index (χ3n) is 1.52. The summed E-state index contributed by atoms with van der Waals surface area (Å²) in [5.74, 6) is 0. The molecule has 0 bridgehead atoms. The molecule has 1 heterocycles. The lowest BCUT2D eigenvalue weighted by Crippen LogP contribution is -1.83. The zero-order valence-corrected chi connectivity index (χ0v) is 7.85. The van der Waals surface area contributed by atoms with E-state index in [1.165, 1.54) is 10.8 Å². The van der Waals surface area contributed by atoms with Gasteiger partial charge in [-0.2, -0.15) is 0 Å². The van der Waals surface area contributed by atoms with Gasteiger partial charge in [-0.1, -0.05) is 12.1 Å². The van der Waals surface area contributed by atoms with Crippen molar-refractivity contribution in [3.05, 3.63) is 30.5 Å². The monoisotopic (exact) mass is 194 g/mol. The van der Waals surface area contributed by atoms with Crippen LogP contribution in [0.15, 0.2) is 35.5 Å². The van der Waals surface area contributed by atoms with Crippen LogP contribution in [-0.2, 0) is 0 Å². The van der Waals surface area contributed by atoms with E-state index in [0.717, 1.165) is 16.1 Å². The first-order valence-corrected chi connectivity index (χ1v) is 5.30. The molecule has 0 spiro atoms. The molecule has 2 nitrogen and oxygen atoms in total. The average Bonchev–Trinajstić information content (AvgIpc) is 2.17. The Bertz CT molecular complexity index is 403. The molecule has 0 amide bonds. The van der Waals surface area contributed by atoms with Crippen molar-refractivity contribution in [2.24, 2.45) is 0 Å². The molecule has 0 fully saturated rings. The van der Waals surface area contributed by atoms with Gasteiger partial charge in [-0.15, -0.1) is 11.7 Å². The van der Waals surface area contributed by atoms with Gasteiger partial charge >= 0.3 is 0 Å². The van der Waals surface area contributed by atoms with Crippen LogP contribution in [0.2, 0.25) is 0 Å². The summed E-state index contributed by atoms with van der Waals surface area (Å²) in [5.41, 5.74) is 1.83. The lowest BCUT2D eigenvalue weighted by Gasteiger charge is -1.96. The highest BCUT2D eigenvalue weighted by Crippen LogP contribution is 2.19. The fraction of sp³-hybridized carbons (Fsp3) is 0. The molecule has 1 aromatic carbocycles. The largest absolute Gasteiger partial charge is 0.252 e. The number of hydrogen-bond acceptors (Lipinski definition) is 4. The van der Waals surface area contributed by atoms with Crippen LogP contribution in [-0.4, -0.2) is 9.97 Å². The Morgan fingerprint density at radius 2 is 1.92 bits per heavy atom. The van der Waals surface area contributed by atoms with E-state index < -0.39 is 0 Å². The molecular formula is C8H6N2S2. The molecule has 2 aromatic rings. The normalized spacial score (nSPS) is 10.4. The summed E-state index contributed by atoms with van der Waals surface area (Å²) < 4.78 is 0. The van der Waals surface area contributed by atoms with Crippen molar-refractivity contribution >= 4 is 33.5 Å². The zero-order chi connectivity index (χ0) is 8.39. The second kappa shape index (κ2) is 3.33. The minimum absolute atomic E-state index is 0.831. The molecule has 0 atom stereocenters. The predicted octanol–water partition coefficient (Wildman–Crippen LogP) is 2.57. The summed E-state index contributed by atoms with van der Waals surface area (Å²) in [7, 11) is 1.30. The van der Waals surface area contributed by atoms with Crippen LogP contribution in [0.25, 0.3) is 11.0 Å². The van der Waals surface area contributed by atoms with Crippen molar-refractivity contribution in [3.63, 3.8) is 0 Å². The molecule has 0 unspecified atom stereocenters. The van der Waals surface area contributed by atoms with Crippen molar-refractivity contribution in [1.29, 1.82) is 0 Å². The zero-order valence-electron chi connectivity index (χ0n) is 6.14. The second-order valence-electron chi connectivity index (χ2n) is 2.29. The van der Waals surface area contributed by atoms with Gasteiger partial charge < -0.3 is 0 Å². The van der Waals surface area contributed by atoms with Gasteiger partial charge in [0, 0.05) is 0 Å². The van der Waals surface area contributed by atoms with E-state index in [1.54, 1.807) is 6.20 Å². The Morgan fingerprint density at radius 3 is 2.67 bits per heavy atom. The van der Waals surface area contributed by atoms with Crippen molar-refractivity contribution in [3.8, 4) is 0 Å². The van der Waals surface area contributed by atoms with Crippen LogP contribution in [0, 0.1) is 0 Å². The first kappa shape index (κ1) is 7.89. The molecular weight excluding hydrogens is 188 g/mol. The molecule has 0 aliphatic heterocycles. The molecule has 0 N–H and O–H groups in total. The van der Waals surface area contributed by atoms with Gasteiger partial charge in [0.25, 0.3) is 0 Å². The maximum absolute atomic E-state index is 4.32. The fourth-order valence-electron chi connectivity index (χ4n) is 0.984. The van der Waals surface area contributed by atoms with E-state index in [4.69, 9.17) is 0 Å². The maximum Gasteiger partial charge on any atom is 0.125 e. The molecule has 12 heavy (non-hydrogen) atoms. The summed E-state index contributed by atoms with van der Waals surface area (Å²) in [6.45, 7) is 0. The van der Waals surface area contributed by atoms with Gasteiger partial charge in [0.2, 0.25) is 0 Å². The average molecular weight is 194 g/mol. The molecule has 0 radical (unpaired) electrons. The van der Waals surface area contributed by atoms with Crippen molar-refractivity contribution in [2.75, 3.05) is 0 Å². The molecule has 0 saturated carbocycles. The summed E-state index contributed by atoms with van der Waals surface area (Å²) in [5, 5.41) is 0.831. The van der Waals surface area contributed by atoms with E-state index >= 15 is 0 Å². The molecule has 2 rings (SSSR count). The van der Waals surface area contributed by atoms with Gasteiger partial charge in [-0.3, -0.25) is 4.98 Å². The first-order chi connectivity index (χ1) is 5.90. The highest BCUT2D eigenvalue weighted by Gasteiger charge is 1.96. The standard InChI is InChI=1S/C8H6N2S2/c11-12-8-5-9-6-3-1-2-4-7(6)10-8/h1-5,11H. The van der Waals surface area contributed by atoms with E-state index in [0.29, 0.717) is 0 Å². The number of nitrogens with zero attached hydrogens (tertiary/aromatic N) is 2. The predicted molar refractivity (Wildman–Crippen MR) is 54.4 cm³/mol.